The van der Waals surface area contributed by atoms with Crippen LogP contribution in [0.5, 0.6) is 0 Å². The van der Waals surface area contributed by atoms with Crippen molar-refractivity contribution < 1.29 is 19.2 Å². The lowest BCUT2D eigenvalue weighted by Crippen LogP contribution is -2.42. The van der Waals surface area contributed by atoms with Gasteiger partial charge in [-0.15, -0.1) is 0 Å². The van der Waals surface area contributed by atoms with Crippen molar-refractivity contribution in [3.8, 4) is 0 Å². The second kappa shape index (κ2) is 13.2. The molecule has 2 aliphatic rings. The zero-order chi connectivity index (χ0) is 27.9. The molecule has 4 heterocycles. The molecule has 10 nitrogen and oxygen atoms in total. The van der Waals surface area contributed by atoms with E-state index in [9.17, 15) is 9.59 Å². The molecule has 1 unspecified atom stereocenters. The Balaban J connectivity index is 1.11. The maximum Gasteiger partial charge on any atom is 0.278 e. The molecule has 40 heavy (non-hydrogen) atoms. The fourth-order valence-electron chi connectivity index (χ4n) is 5.63. The summed E-state index contributed by atoms with van der Waals surface area (Å²) >= 11 is 0. The number of ether oxygens (including phenoxy) is 1. The highest BCUT2D eigenvalue weighted by Gasteiger charge is 2.25. The normalized spacial score (nSPS) is 18.1. The highest BCUT2D eigenvalue weighted by atomic mass is 16.8. The van der Waals surface area contributed by atoms with Gasteiger partial charge in [0.1, 0.15) is 0 Å². The predicted molar refractivity (Wildman–Crippen MR) is 153 cm³/mol. The van der Waals surface area contributed by atoms with Gasteiger partial charge in [-0.25, -0.2) is 20.3 Å². The number of hydrogen-bond acceptors (Lipinski definition) is 7. The van der Waals surface area contributed by atoms with E-state index in [-0.39, 0.29) is 11.8 Å². The number of para-hydroxylation sites is 1. The van der Waals surface area contributed by atoms with Gasteiger partial charge in [0.15, 0.2) is 6.29 Å². The Labute approximate surface area is 235 Å². The number of nitrogens with zero attached hydrogens (tertiary/aromatic N) is 5. The number of hydrogen-bond donors (Lipinski definition) is 1. The second-order valence-corrected chi connectivity index (χ2v) is 10.8. The Morgan fingerprint density at radius 1 is 1.12 bits per heavy atom. The maximum atomic E-state index is 12.8. The molecule has 3 aromatic rings. The Bertz CT molecular complexity index is 1280. The molecular formula is C30H40N6O4. The van der Waals surface area contributed by atoms with Crippen LogP contribution in [0, 0.1) is 5.92 Å². The van der Waals surface area contributed by atoms with E-state index in [1.807, 2.05) is 11.8 Å². The maximum absolute atomic E-state index is 12.8. The van der Waals surface area contributed by atoms with Crippen molar-refractivity contribution in [2.24, 2.45) is 13.0 Å². The highest BCUT2D eigenvalue weighted by molar-refractivity contribution is 5.92. The van der Waals surface area contributed by atoms with Crippen LogP contribution >= 0.6 is 0 Å². The van der Waals surface area contributed by atoms with E-state index in [0.29, 0.717) is 30.5 Å². The van der Waals surface area contributed by atoms with Gasteiger partial charge in [-0.2, -0.15) is 0 Å². The summed E-state index contributed by atoms with van der Waals surface area (Å²) in [5.74, 6) is 0.870. The molecule has 2 fully saturated rings. The Kier molecular flexibility index (Phi) is 9.28. The van der Waals surface area contributed by atoms with Crippen LogP contribution in [0.1, 0.15) is 61.4 Å². The molecule has 0 radical (unpaired) electrons. The van der Waals surface area contributed by atoms with Crippen LogP contribution in [0.2, 0.25) is 0 Å². The lowest BCUT2D eigenvalue weighted by atomic mass is 9.96. The quantitative estimate of drug-likeness (QED) is 0.384. The molecule has 2 amide bonds. The molecule has 0 aliphatic carbocycles. The molecule has 0 spiro atoms. The third kappa shape index (κ3) is 6.79. The van der Waals surface area contributed by atoms with Crippen molar-refractivity contribution in [3.63, 3.8) is 0 Å². The van der Waals surface area contributed by atoms with E-state index >= 15 is 0 Å². The number of fused-ring (bicyclic) bond motifs is 1. The number of piperidine rings is 1. The number of aromatic nitrogens is 3. The monoisotopic (exact) mass is 548 g/mol. The average Bonchev–Trinajstić information content (AvgIpc) is 3.33. The van der Waals surface area contributed by atoms with Crippen molar-refractivity contribution in [2.75, 3.05) is 37.7 Å². The van der Waals surface area contributed by atoms with E-state index in [4.69, 9.17) is 9.57 Å². The third-order valence-corrected chi connectivity index (χ3v) is 7.98. The van der Waals surface area contributed by atoms with Crippen LogP contribution < -0.4 is 10.4 Å². The van der Waals surface area contributed by atoms with E-state index in [1.54, 1.807) is 0 Å². The highest BCUT2D eigenvalue weighted by Crippen LogP contribution is 2.24. The summed E-state index contributed by atoms with van der Waals surface area (Å²) in [5, 5.41) is 1.26. The SMILES string of the molecule is CCC(=O)N(CCc1cn(C)c2ccccc12)CC1CCN(c2ncc(C(=O)NOC3CCCCO3)cn2)CC1. The van der Waals surface area contributed by atoms with Crippen molar-refractivity contribution in [3.05, 3.63) is 54.0 Å². The molecule has 214 valence electrons. The Hall–Kier alpha value is -3.50. The van der Waals surface area contributed by atoms with Gasteiger partial charge in [0.05, 0.1) is 5.56 Å². The number of aryl methyl sites for hydroxylation is 1. The first kappa shape index (κ1) is 28.0. The first-order chi connectivity index (χ1) is 19.5. The number of hydroxylamine groups is 1. The number of carbonyl (C=O) groups is 2. The van der Waals surface area contributed by atoms with E-state index in [1.165, 1.54) is 28.9 Å². The fraction of sp³-hybridized carbons (Fsp3) is 0.533. The molecule has 1 N–H and O–H groups in total. The number of nitrogens with one attached hydrogen (secondary N) is 1. The van der Waals surface area contributed by atoms with Gasteiger partial charge in [-0.05, 0) is 49.7 Å². The first-order valence-electron chi connectivity index (χ1n) is 14.5. The van der Waals surface area contributed by atoms with Crippen molar-refractivity contribution in [2.45, 2.75) is 58.2 Å². The lowest BCUT2D eigenvalue weighted by molar-refractivity contribution is -0.186. The van der Waals surface area contributed by atoms with Crippen LogP contribution in [0.25, 0.3) is 10.9 Å². The molecule has 5 rings (SSSR count). The van der Waals surface area contributed by atoms with Crippen LogP contribution in [-0.2, 0) is 27.8 Å². The number of amides is 2. The van der Waals surface area contributed by atoms with E-state index in [2.05, 4.69) is 62.4 Å². The van der Waals surface area contributed by atoms with Crippen molar-refractivity contribution >= 4 is 28.7 Å². The summed E-state index contributed by atoms with van der Waals surface area (Å²) in [6.07, 6.45) is 10.9. The molecule has 1 atom stereocenters. The molecule has 2 saturated heterocycles. The summed E-state index contributed by atoms with van der Waals surface area (Å²) in [5.41, 5.74) is 5.29. The van der Waals surface area contributed by atoms with Crippen molar-refractivity contribution in [1.29, 1.82) is 0 Å². The average molecular weight is 549 g/mol. The van der Waals surface area contributed by atoms with Gasteiger partial charge in [-0.1, -0.05) is 25.1 Å². The summed E-state index contributed by atoms with van der Waals surface area (Å²) < 4.78 is 7.63. The minimum atomic E-state index is -0.402. The number of carbonyl (C=O) groups excluding carboxylic acids is 2. The number of anilines is 1. The standard InChI is InChI=1S/C30H40N6O4/c1-3-27(37)36(16-13-23-21-34(2)26-9-5-4-8-25(23)26)20-22-11-14-35(15-12-22)30-31-18-24(19-32-30)29(38)33-40-28-10-6-7-17-39-28/h4-5,8-9,18-19,21-22,28H,3,6-7,10-17,20H2,1-2H3,(H,33,38). The first-order valence-corrected chi connectivity index (χ1v) is 14.5. The molecule has 2 aliphatic heterocycles. The number of rotatable bonds is 10. The molecule has 0 saturated carbocycles. The lowest BCUT2D eigenvalue weighted by Gasteiger charge is -2.35. The summed E-state index contributed by atoms with van der Waals surface area (Å²) in [7, 11) is 2.07. The molecule has 1 aromatic carbocycles. The fourth-order valence-corrected chi connectivity index (χ4v) is 5.63. The van der Waals surface area contributed by atoms with Crippen LogP contribution in [0.3, 0.4) is 0 Å². The van der Waals surface area contributed by atoms with Crippen LogP contribution in [0.4, 0.5) is 5.95 Å². The zero-order valence-electron chi connectivity index (χ0n) is 23.6. The number of benzene rings is 1. The summed E-state index contributed by atoms with van der Waals surface area (Å²) in [4.78, 5) is 43.6. The van der Waals surface area contributed by atoms with Crippen LogP contribution in [-0.4, -0.2) is 70.3 Å². The summed E-state index contributed by atoms with van der Waals surface area (Å²) in [6, 6.07) is 8.43. The predicted octanol–water partition coefficient (Wildman–Crippen LogP) is 3.85. The van der Waals surface area contributed by atoms with Crippen LogP contribution in [0.15, 0.2) is 42.9 Å². The molecule has 2 aromatic heterocycles. The van der Waals surface area contributed by atoms with E-state index < -0.39 is 6.29 Å². The minimum absolute atomic E-state index is 0.207. The molecular weight excluding hydrogens is 508 g/mol. The molecule has 10 heteroatoms. The largest absolute Gasteiger partial charge is 0.350 e. The Morgan fingerprint density at radius 2 is 1.90 bits per heavy atom. The third-order valence-electron chi connectivity index (χ3n) is 7.98. The Morgan fingerprint density at radius 3 is 2.62 bits per heavy atom. The molecule has 0 bridgehead atoms. The smallest absolute Gasteiger partial charge is 0.278 e. The van der Waals surface area contributed by atoms with Gasteiger partial charge in [0, 0.05) is 82.2 Å². The van der Waals surface area contributed by atoms with Crippen molar-refractivity contribution in [1.82, 2.24) is 24.9 Å². The van der Waals surface area contributed by atoms with Gasteiger partial charge >= 0.3 is 0 Å². The summed E-state index contributed by atoms with van der Waals surface area (Å²) in [6.45, 7) is 5.71. The van der Waals surface area contributed by atoms with E-state index in [0.717, 1.165) is 64.7 Å². The topological polar surface area (TPSA) is 102 Å². The zero-order valence-corrected chi connectivity index (χ0v) is 23.6. The van der Waals surface area contributed by atoms with Gasteiger partial charge in [0.2, 0.25) is 11.9 Å². The minimum Gasteiger partial charge on any atom is -0.350 e. The van der Waals surface area contributed by atoms with Gasteiger partial charge in [0.25, 0.3) is 5.91 Å². The second-order valence-electron chi connectivity index (χ2n) is 10.8. The van der Waals surface area contributed by atoms with Gasteiger partial charge in [-0.3, -0.25) is 9.59 Å². The van der Waals surface area contributed by atoms with Gasteiger partial charge < -0.3 is 19.1 Å².